The third-order valence-corrected chi connectivity index (χ3v) is 8.77. The smallest absolute Gasteiger partial charge is 0.321 e. The number of halogens is 4. The lowest BCUT2D eigenvalue weighted by Crippen LogP contribution is -2.30. The van der Waals surface area contributed by atoms with Crippen LogP contribution in [0.2, 0.25) is 0 Å². The summed E-state index contributed by atoms with van der Waals surface area (Å²) in [6.07, 6.45) is -0.535. The molecular weight excluding hydrogens is 614 g/mol. The molecule has 0 aliphatic heterocycles. The maximum atomic E-state index is 13.6. The van der Waals surface area contributed by atoms with Gasteiger partial charge in [0.25, 0.3) is 5.91 Å². The molecule has 2 heterocycles. The Morgan fingerprint density at radius 2 is 1.68 bits per heavy atom. The number of rotatable bonds is 7. The summed E-state index contributed by atoms with van der Waals surface area (Å²) < 4.78 is 54.1. The van der Waals surface area contributed by atoms with E-state index in [1.165, 1.54) is 16.5 Å². The lowest BCUT2D eigenvalue weighted by atomic mass is 9.77. The van der Waals surface area contributed by atoms with E-state index in [-0.39, 0.29) is 11.5 Å². The fourth-order valence-corrected chi connectivity index (χ4v) is 6.22. The van der Waals surface area contributed by atoms with Gasteiger partial charge in [-0.05, 0) is 102 Å². The molecule has 47 heavy (non-hydrogen) atoms. The van der Waals surface area contributed by atoms with Crippen LogP contribution in [0.5, 0.6) is 0 Å². The summed E-state index contributed by atoms with van der Waals surface area (Å²) in [5.74, 6) is -0.798. The van der Waals surface area contributed by atoms with Crippen molar-refractivity contribution < 1.29 is 27.2 Å². The molecule has 9 nitrogen and oxygen atoms in total. The predicted molar refractivity (Wildman–Crippen MR) is 168 cm³/mol. The monoisotopic (exact) mass is 645 g/mol. The molecule has 13 heteroatoms. The zero-order valence-electron chi connectivity index (χ0n) is 25.6. The Morgan fingerprint density at radius 1 is 0.957 bits per heavy atom. The van der Waals surface area contributed by atoms with Crippen molar-refractivity contribution in [1.29, 1.82) is 0 Å². The van der Waals surface area contributed by atoms with E-state index in [0.717, 1.165) is 48.9 Å². The van der Waals surface area contributed by atoms with Gasteiger partial charge in [-0.25, -0.2) is 9.49 Å². The van der Waals surface area contributed by atoms with Crippen molar-refractivity contribution in [1.82, 2.24) is 25.6 Å². The Labute approximate surface area is 267 Å². The van der Waals surface area contributed by atoms with Crippen molar-refractivity contribution in [3.63, 3.8) is 0 Å². The Kier molecular flexibility index (Phi) is 8.71. The number of H-pyrrole nitrogens is 1. The van der Waals surface area contributed by atoms with Crippen LogP contribution in [-0.4, -0.2) is 44.5 Å². The average molecular weight is 646 g/mol. The number of aryl methyl sites for hydroxylation is 1. The standard InChI is InChI=1S/C34H31F4N7O2/c1-19-15-27(32(47)40-29-14-12-25(35)18-28(29)34(36,37)38)26-13-11-24(17-30(26)39-19)23-9-7-22(8-10-23)21-5-3-20(4-6-21)16-31(46)45(2)33-41-43-44-42-33/h7-15,17-18,20-21H,3-6,16H2,1-2H3,(H,40,47)(H,41,42,43,44). The number of alkyl halides is 3. The van der Waals surface area contributed by atoms with Crippen molar-refractivity contribution in [2.45, 2.75) is 51.1 Å². The van der Waals surface area contributed by atoms with E-state index >= 15 is 0 Å². The summed E-state index contributed by atoms with van der Waals surface area (Å²) in [5, 5.41) is 16.2. The van der Waals surface area contributed by atoms with Gasteiger partial charge in [0.1, 0.15) is 5.82 Å². The molecular formula is C34H31F4N7O2. The summed E-state index contributed by atoms with van der Waals surface area (Å²) in [6, 6.07) is 17.4. The first-order valence-electron chi connectivity index (χ1n) is 15.2. The first-order valence-corrected chi connectivity index (χ1v) is 15.2. The molecule has 1 aliphatic rings. The molecule has 0 atom stereocenters. The van der Waals surface area contributed by atoms with E-state index in [0.29, 0.717) is 46.9 Å². The van der Waals surface area contributed by atoms with Crippen LogP contribution in [0.1, 0.15) is 65.2 Å². The van der Waals surface area contributed by atoms with Gasteiger partial charge in [-0.3, -0.25) is 19.5 Å². The minimum absolute atomic E-state index is 0.0207. The number of tetrazole rings is 1. The van der Waals surface area contributed by atoms with Crippen LogP contribution < -0.4 is 10.2 Å². The van der Waals surface area contributed by atoms with E-state index in [4.69, 9.17) is 0 Å². The fourth-order valence-electron chi connectivity index (χ4n) is 6.22. The summed E-state index contributed by atoms with van der Waals surface area (Å²) >= 11 is 0. The second-order valence-corrected chi connectivity index (χ2v) is 11.9. The molecule has 2 aromatic heterocycles. The van der Waals surface area contributed by atoms with Gasteiger partial charge in [0.15, 0.2) is 0 Å². The zero-order chi connectivity index (χ0) is 33.3. The number of hydrogen-bond donors (Lipinski definition) is 2. The molecule has 1 aliphatic carbocycles. The minimum atomic E-state index is -4.85. The van der Waals surface area contributed by atoms with Crippen LogP contribution in [0.15, 0.2) is 66.7 Å². The summed E-state index contributed by atoms with van der Waals surface area (Å²) in [5.41, 5.74) is 2.46. The van der Waals surface area contributed by atoms with E-state index < -0.39 is 29.2 Å². The molecule has 1 fully saturated rings. The molecule has 2 N–H and O–H groups in total. The van der Waals surface area contributed by atoms with Crippen molar-refractivity contribution in [3.8, 4) is 11.1 Å². The van der Waals surface area contributed by atoms with Crippen LogP contribution in [0, 0.1) is 18.7 Å². The lowest BCUT2D eigenvalue weighted by Gasteiger charge is -2.29. The van der Waals surface area contributed by atoms with Gasteiger partial charge in [0, 0.05) is 24.5 Å². The van der Waals surface area contributed by atoms with E-state index in [1.54, 1.807) is 20.0 Å². The van der Waals surface area contributed by atoms with Crippen molar-refractivity contribution in [2.75, 3.05) is 17.3 Å². The third kappa shape index (κ3) is 6.98. The number of anilines is 2. The van der Waals surface area contributed by atoms with Gasteiger partial charge in [0.05, 0.1) is 22.3 Å². The van der Waals surface area contributed by atoms with Crippen LogP contribution >= 0.6 is 0 Å². The second-order valence-electron chi connectivity index (χ2n) is 11.9. The van der Waals surface area contributed by atoms with Gasteiger partial charge in [-0.2, -0.15) is 13.2 Å². The number of nitrogens with zero attached hydrogens (tertiary/aromatic N) is 5. The fraction of sp³-hybridized carbons (Fsp3) is 0.294. The summed E-state index contributed by atoms with van der Waals surface area (Å²) in [6.45, 7) is 1.70. The van der Waals surface area contributed by atoms with E-state index in [9.17, 15) is 27.2 Å². The maximum absolute atomic E-state index is 13.6. The molecule has 0 bridgehead atoms. The number of hydrogen-bond acceptors (Lipinski definition) is 6. The molecule has 3 aromatic carbocycles. The van der Waals surface area contributed by atoms with Crippen molar-refractivity contribution >= 4 is 34.4 Å². The van der Waals surface area contributed by atoms with Crippen LogP contribution in [0.3, 0.4) is 0 Å². The van der Waals surface area contributed by atoms with Crippen molar-refractivity contribution in [2.24, 2.45) is 5.92 Å². The Bertz CT molecular complexity index is 1920. The van der Waals surface area contributed by atoms with Crippen LogP contribution in [0.4, 0.5) is 29.2 Å². The quantitative estimate of drug-likeness (QED) is 0.178. The number of pyridine rings is 1. The molecule has 242 valence electrons. The number of fused-ring (bicyclic) bond motifs is 1. The highest BCUT2D eigenvalue weighted by molar-refractivity contribution is 6.13. The Hall–Kier alpha value is -5.20. The molecule has 0 spiro atoms. The molecule has 0 radical (unpaired) electrons. The number of amides is 2. The Balaban J connectivity index is 1.14. The molecule has 0 unspecified atom stereocenters. The van der Waals surface area contributed by atoms with Gasteiger partial charge in [-0.15, -0.1) is 0 Å². The maximum Gasteiger partial charge on any atom is 0.418 e. The Morgan fingerprint density at radius 3 is 2.36 bits per heavy atom. The average Bonchev–Trinajstić information content (AvgIpc) is 3.60. The van der Waals surface area contributed by atoms with Gasteiger partial charge in [0.2, 0.25) is 11.9 Å². The first-order chi connectivity index (χ1) is 22.5. The minimum Gasteiger partial charge on any atom is -0.321 e. The van der Waals surface area contributed by atoms with Gasteiger partial charge >= 0.3 is 6.18 Å². The molecule has 2 amide bonds. The van der Waals surface area contributed by atoms with Gasteiger partial charge < -0.3 is 5.32 Å². The first kappa shape index (κ1) is 31.8. The second kappa shape index (κ2) is 12.9. The lowest BCUT2D eigenvalue weighted by molar-refractivity contribution is -0.137. The topological polar surface area (TPSA) is 117 Å². The third-order valence-electron chi connectivity index (χ3n) is 8.77. The number of carbonyl (C=O) groups is 2. The number of aromatic nitrogens is 5. The van der Waals surface area contributed by atoms with Gasteiger partial charge in [-0.1, -0.05) is 41.5 Å². The SMILES string of the molecule is Cc1cc(C(=O)Nc2ccc(F)cc2C(F)(F)F)c2ccc(-c3ccc(C4CCC(CC(=O)N(C)c5nnn[nH]5)CC4)cc3)cc2n1. The summed E-state index contributed by atoms with van der Waals surface area (Å²) in [4.78, 5) is 31.9. The van der Waals surface area contributed by atoms with E-state index in [2.05, 4.69) is 43.1 Å². The van der Waals surface area contributed by atoms with Crippen LogP contribution in [-0.2, 0) is 11.0 Å². The zero-order valence-corrected chi connectivity index (χ0v) is 25.6. The van der Waals surface area contributed by atoms with E-state index in [1.807, 2.05) is 24.3 Å². The molecule has 6 rings (SSSR count). The molecule has 1 saturated carbocycles. The van der Waals surface area contributed by atoms with Crippen molar-refractivity contribution in [3.05, 3.63) is 94.9 Å². The number of carbonyl (C=O) groups excluding carboxylic acids is 2. The number of nitrogens with one attached hydrogen (secondary N) is 2. The normalized spacial score (nSPS) is 16.6. The van der Waals surface area contributed by atoms with Crippen LogP contribution in [0.25, 0.3) is 22.0 Å². The number of benzene rings is 3. The highest BCUT2D eigenvalue weighted by atomic mass is 19.4. The highest BCUT2D eigenvalue weighted by Gasteiger charge is 2.34. The predicted octanol–water partition coefficient (Wildman–Crippen LogP) is 7.46. The highest BCUT2D eigenvalue weighted by Crippen LogP contribution is 2.39. The largest absolute Gasteiger partial charge is 0.418 e. The number of aromatic amines is 1. The summed E-state index contributed by atoms with van der Waals surface area (Å²) in [7, 11) is 1.66. The molecule has 0 saturated heterocycles. The molecule has 5 aromatic rings.